The molecule has 1 saturated heterocycles. The van der Waals surface area contributed by atoms with Gasteiger partial charge in [0.2, 0.25) is 5.91 Å². The highest BCUT2D eigenvalue weighted by Crippen LogP contribution is 2.26. The quantitative estimate of drug-likeness (QED) is 0.829. The number of carbonyl (C=O) groups excluding carboxylic acids is 1. The molecule has 1 atom stereocenters. The van der Waals surface area contributed by atoms with Crippen LogP contribution in [0.25, 0.3) is 0 Å². The Labute approximate surface area is 142 Å². The van der Waals surface area contributed by atoms with E-state index in [9.17, 15) is 15.0 Å². The Morgan fingerprint density at radius 3 is 2.52 bits per heavy atom. The summed E-state index contributed by atoms with van der Waals surface area (Å²) < 4.78 is 0. The van der Waals surface area contributed by atoms with E-state index < -0.39 is 5.60 Å². The number of nitrogens with zero attached hydrogens (tertiary/aromatic N) is 1. The van der Waals surface area contributed by atoms with Crippen LogP contribution in [0, 0.1) is 0 Å². The molecule has 2 rings (SSSR count). The topological polar surface area (TPSA) is 60.8 Å². The number of aliphatic hydroxyl groups is 2. The molecule has 1 aromatic rings. The fraction of sp³-hybridized carbons (Fsp3) is 0.611. The second kappa shape index (κ2) is 7.24. The molecule has 0 aromatic heterocycles. The van der Waals surface area contributed by atoms with Crippen molar-refractivity contribution in [2.45, 2.75) is 49.5 Å². The molecule has 4 nitrogen and oxygen atoms in total. The van der Waals surface area contributed by atoms with Gasteiger partial charge >= 0.3 is 0 Å². The van der Waals surface area contributed by atoms with E-state index in [1.165, 1.54) is 17.3 Å². The monoisotopic (exact) mass is 337 g/mol. The summed E-state index contributed by atoms with van der Waals surface area (Å²) in [5.74, 6) is 0.373. The van der Waals surface area contributed by atoms with Crippen LogP contribution in [0.3, 0.4) is 0 Å². The summed E-state index contributed by atoms with van der Waals surface area (Å²) in [7, 11) is 0. The lowest BCUT2D eigenvalue weighted by Gasteiger charge is -2.38. The van der Waals surface area contributed by atoms with Crippen molar-refractivity contribution in [3.05, 3.63) is 29.8 Å². The zero-order valence-electron chi connectivity index (χ0n) is 14.2. The molecule has 0 unspecified atom stereocenters. The van der Waals surface area contributed by atoms with E-state index in [1.807, 2.05) is 0 Å². The molecule has 1 aliphatic rings. The highest BCUT2D eigenvalue weighted by atomic mass is 32.2. The lowest BCUT2D eigenvalue weighted by Crippen LogP contribution is -2.52. The number of aliphatic hydroxyl groups excluding tert-OH is 1. The minimum absolute atomic E-state index is 0.0153. The molecule has 1 fully saturated rings. The first-order valence-electron chi connectivity index (χ1n) is 8.08. The van der Waals surface area contributed by atoms with Gasteiger partial charge in [-0.15, -0.1) is 11.8 Å². The zero-order chi connectivity index (χ0) is 17.1. The van der Waals surface area contributed by atoms with Crippen LogP contribution >= 0.6 is 11.8 Å². The molecule has 1 aromatic carbocycles. The Hall–Kier alpha value is -1.04. The average Bonchev–Trinajstić information content (AvgIpc) is 2.52. The van der Waals surface area contributed by atoms with Crippen molar-refractivity contribution in [3.63, 3.8) is 0 Å². The van der Waals surface area contributed by atoms with Gasteiger partial charge in [-0.05, 0) is 36.0 Å². The van der Waals surface area contributed by atoms with Crippen LogP contribution in [0.5, 0.6) is 0 Å². The number of amides is 1. The smallest absolute Gasteiger partial charge is 0.233 e. The van der Waals surface area contributed by atoms with E-state index in [4.69, 9.17) is 0 Å². The summed E-state index contributed by atoms with van der Waals surface area (Å²) in [6, 6.07) is 8.33. The normalized spacial score (nSPS) is 22.2. The molecule has 0 radical (unpaired) electrons. The Kier molecular flexibility index (Phi) is 5.76. The minimum Gasteiger partial charge on any atom is -0.393 e. The predicted molar refractivity (Wildman–Crippen MR) is 93.7 cm³/mol. The van der Waals surface area contributed by atoms with Gasteiger partial charge in [0.15, 0.2) is 0 Å². The number of benzene rings is 1. The summed E-state index contributed by atoms with van der Waals surface area (Å²) in [5, 5.41) is 19.4. The third kappa shape index (κ3) is 4.96. The second-order valence-electron chi connectivity index (χ2n) is 7.36. The van der Waals surface area contributed by atoms with Gasteiger partial charge in [0.05, 0.1) is 18.9 Å². The number of rotatable bonds is 4. The van der Waals surface area contributed by atoms with Gasteiger partial charge in [-0.1, -0.05) is 32.9 Å². The fourth-order valence-corrected chi connectivity index (χ4v) is 3.54. The maximum atomic E-state index is 12.3. The largest absolute Gasteiger partial charge is 0.393 e. The number of hydrogen-bond acceptors (Lipinski definition) is 4. The van der Waals surface area contributed by atoms with E-state index in [2.05, 4.69) is 45.0 Å². The van der Waals surface area contributed by atoms with Crippen LogP contribution < -0.4 is 0 Å². The minimum atomic E-state index is -1.13. The van der Waals surface area contributed by atoms with Crippen molar-refractivity contribution in [3.8, 4) is 0 Å². The fourth-order valence-electron chi connectivity index (χ4n) is 2.74. The Balaban J connectivity index is 1.89. The van der Waals surface area contributed by atoms with Gasteiger partial charge in [-0.25, -0.2) is 0 Å². The van der Waals surface area contributed by atoms with Gasteiger partial charge < -0.3 is 15.1 Å². The molecule has 128 valence electrons. The lowest BCUT2D eigenvalue weighted by atomic mass is 9.87. The number of piperidine rings is 1. The maximum Gasteiger partial charge on any atom is 0.233 e. The van der Waals surface area contributed by atoms with Gasteiger partial charge in [-0.2, -0.15) is 0 Å². The predicted octanol–water partition coefficient (Wildman–Crippen LogP) is 2.42. The first-order valence-corrected chi connectivity index (χ1v) is 9.06. The van der Waals surface area contributed by atoms with Crippen LogP contribution in [-0.4, -0.2) is 52.1 Å². The van der Waals surface area contributed by atoms with Crippen LogP contribution in [0.2, 0.25) is 0 Å². The van der Waals surface area contributed by atoms with E-state index in [1.54, 1.807) is 4.90 Å². The summed E-state index contributed by atoms with van der Waals surface area (Å²) in [5.41, 5.74) is 0.270. The van der Waals surface area contributed by atoms with E-state index in [0.717, 1.165) is 11.3 Å². The van der Waals surface area contributed by atoms with Gasteiger partial charge in [0, 0.05) is 11.4 Å². The average molecular weight is 337 g/mol. The third-order valence-corrected chi connectivity index (χ3v) is 5.28. The first kappa shape index (κ1) is 18.3. The molecule has 2 N–H and O–H groups in total. The molecule has 0 spiro atoms. The first-order chi connectivity index (χ1) is 10.7. The Bertz CT molecular complexity index is 538. The summed E-state index contributed by atoms with van der Waals surface area (Å²) in [6.07, 6.45) is 1.28. The number of thioether (sulfide) groups is 1. The molecular formula is C18H27NO3S. The van der Waals surface area contributed by atoms with Gasteiger partial charge in [0.25, 0.3) is 0 Å². The summed E-state index contributed by atoms with van der Waals surface area (Å²) in [6.45, 7) is 7.13. The third-order valence-electron chi connectivity index (χ3n) is 4.29. The molecular weight excluding hydrogens is 310 g/mol. The van der Waals surface area contributed by atoms with E-state index in [0.29, 0.717) is 18.7 Å². The molecule has 1 aliphatic heterocycles. The summed E-state index contributed by atoms with van der Waals surface area (Å²) >= 11 is 1.51. The second-order valence-corrected chi connectivity index (χ2v) is 8.41. The Morgan fingerprint density at radius 1 is 1.30 bits per heavy atom. The Morgan fingerprint density at radius 2 is 1.96 bits per heavy atom. The molecule has 1 amide bonds. The van der Waals surface area contributed by atoms with Crippen LogP contribution in [0.4, 0.5) is 0 Å². The molecule has 0 saturated carbocycles. The van der Waals surface area contributed by atoms with Crippen molar-refractivity contribution in [2.24, 2.45) is 0 Å². The summed E-state index contributed by atoms with van der Waals surface area (Å²) in [4.78, 5) is 15.0. The van der Waals surface area contributed by atoms with Gasteiger partial charge in [0.1, 0.15) is 5.60 Å². The zero-order valence-corrected chi connectivity index (χ0v) is 15.0. The van der Waals surface area contributed by atoms with Crippen LogP contribution in [-0.2, 0) is 10.2 Å². The van der Waals surface area contributed by atoms with E-state index >= 15 is 0 Å². The molecule has 5 heteroatoms. The van der Waals surface area contributed by atoms with Crippen LogP contribution in [0.1, 0.15) is 39.2 Å². The number of likely N-dealkylation sites (tertiary alicyclic amines) is 1. The number of hydrogen-bond donors (Lipinski definition) is 2. The van der Waals surface area contributed by atoms with Crippen molar-refractivity contribution in [1.29, 1.82) is 0 Å². The maximum absolute atomic E-state index is 12.3. The number of carbonyl (C=O) groups is 1. The molecule has 0 bridgehead atoms. The standard InChI is InChI=1S/C18H27NO3S/c1-17(2,3)14-5-7-15(8-6-14)23-11-16(21)19-10-4-9-18(22,12-19)13-20/h5-8,20,22H,4,9-13H2,1-3H3/t18-/m1/s1. The van der Waals surface area contributed by atoms with Gasteiger partial charge in [-0.3, -0.25) is 4.79 Å². The number of β-amino-alcohol motifs (C(OH)–C–C–N with tert-alkyl or cyclic N) is 1. The highest BCUT2D eigenvalue weighted by molar-refractivity contribution is 8.00. The van der Waals surface area contributed by atoms with E-state index in [-0.39, 0.29) is 24.5 Å². The molecule has 1 heterocycles. The van der Waals surface area contributed by atoms with Crippen molar-refractivity contribution >= 4 is 17.7 Å². The lowest BCUT2D eigenvalue weighted by molar-refractivity contribution is -0.137. The van der Waals surface area contributed by atoms with Crippen molar-refractivity contribution in [1.82, 2.24) is 4.90 Å². The van der Waals surface area contributed by atoms with Crippen LogP contribution in [0.15, 0.2) is 29.2 Å². The van der Waals surface area contributed by atoms with Crippen molar-refractivity contribution < 1.29 is 15.0 Å². The highest BCUT2D eigenvalue weighted by Gasteiger charge is 2.34. The molecule has 23 heavy (non-hydrogen) atoms. The molecule has 0 aliphatic carbocycles. The van der Waals surface area contributed by atoms with Crippen molar-refractivity contribution in [2.75, 3.05) is 25.4 Å². The SMILES string of the molecule is CC(C)(C)c1ccc(SCC(=O)N2CCC[C@](O)(CO)C2)cc1.